The van der Waals surface area contributed by atoms with Gasteiger partial charge in [-0.25, -0.2) is 9.97 Å². The van der Waals surface area contributed by atoms with Gasteiger partial charge in [0.1, 0.15) is 0 Å². The minimum absolute atomic E-state index is 0.00709. The number of carbonyl (C=O) groups is 2. The van der Waals surface area contributed by atoms with Gasteiger partial charge < -0.3 is 16.8 Å². The first-order valence-electron chi connectivity index (χ1n) is 4.69. The topological polar surface area (TPSA) is 124 Å². The summed E-state index contributed by atoms with van der Waals surface area (Å²) in [6.07, 6.45) is 0.248. The molecule has 16 heavy (non-hydrogen) atoms. The number of hydrogen-bond donors (Lipinski definition) is 3. The van der Waals surface area contributed by atoms with E-state index in [0.717, 1.165) is 0 Å². The molecule has 86 valence electrons. The van der Waals surface area contributed by atoms with Crippen molar-refractivity contribution in [2.75, 3.05) is 18.5 Å². The first-order valence-corrected chi connectivity index (χ1v) is 4.69. The fourth-order valence-corrected chi connectivity index (χ4v) is 1.12. The van der Waals surface area contributed by atoms with Crippen LogP contribution in [-0.2, 0) is 0 Å². The smallest absolute Gasteiger partial charge is 0.273 e. The van der Waals surface area contributed by atoms with Gasteiger partial charge in [-0.3, -0.25) is 9.59 Å². The summed E-state index contributed by atoms with van der Waals surface area (Å²) < 4.78 is 0. The van der Waals surface area contributed by atoms with Gasteiger partial charge >= 0.3 is 0 Å². The Morgan fingerprint density at radius 3 is 2.19 bits per heavy atom. The van der Waals surface area contributed by atoms with E-state index in [-0.39, 0.29) is 35.2 Å². The van der Waals surface area contributed by atoms with E-state index >= 15 is 0 Å². The third-order valence-corrected chi connectivity index (χ3v) is 1.98. The predicted octanol–water partition coefficient (Wildman–Crippen LogP) is -0.407. The van der Waals surface area contributed by atoms with Gasteiger partial charge in [-0.05, 0) is 0 Å². The van der Waals surface area contributed by atoms with Crippen LogP contribution in [-0.4, -0.2) is 28.7 Å². The molecule has 0 atom stereocenters. The summed E-state index contributed by atoms with van der Waals surface area (Å²) >= 11 is 0. The van der Waals surface area contributed by atoms with Crippen molar-refractivity contribution in [1.29, 1.82) is 0 Å². The Labute approximate surface area is 92.2 Å². The van der Waals surface area contributed by atoms with Crippen LogP contribution in [0.15, 0.2) is 0 Å². The van der Waals surface area contributed by atoms with Gasteiger partial charge in [-0.2, -0.15) is 0 Å². The quantitative estimate of drug-likeness (QED) is 0.598. The number of carbonyl (C=O) groups excluding carboxylic acids is 2. The van der Waals surface area contributed by atoms with Gasteiger partial charge in [0.05, 0.1) is 0 Å². The molecule has 0 unspecified atom stereocenters. The van der Waals surface area contributed by atoms with Gasteiger partial charge in [0.25, 0.3) is 5.91 Å². The van der Waals surface area contributed by atoms with Crippen LogP contribution in [0.5, 0.6) is 0 Å². The maximum Gasteiger partial charge on any atom is 0.273 e. The molecule has 0 bridgehead atoms. The summed E-state index contributed by atoms with van der Waals surface area (Å²) in [7, 11) is 1.44. The average Bonchev–Trinajstić information content (AvgIpc) is 2.29. The number of rotatable bonds is 3. The molecule has 1 aromatic rings. The van der Waals surface area contributed by atoms with Crippen molar-refractivity contribution in [2.45, 2.75) is 13.3 Å². The molecule has 0 aliphatic rings. The summed E-state index contributed by atoms with van der Waals surface area (Å²) in [5, 5.41) is 2.35. The monoisotopic (exact) mass is 223 g/mol. The molecule has 0 saturated carbocycles. The van der Waals surface area contributed by atoms with Crippen molar-refractivity contribution in [2.24, 2.45) is 0 Å². The molecule has 7 nitrogen and oxygen atoms in total. The molecule has 0 aliphatic heterocycles. The second kappa shape index (κ2) is 4.56. The van der Waals surface area contributed by atoms with Gasteiger partial charge in [0.2, 0.25) is 0 Å². The van der Waals surface area contributed by atoms with Crippen LogP contribution >= 0.6 is 0 Å². The molecule has 7 heteroatoms. The second-order valence-corrected chi connectivity index (χ2v) is 3.05. The standard InChI is InChI=1S/C9H13N5O2/c1-3-4(15)5-7(10)14-6(8(11)13-5)9(16)12-2/h3H2,1-2H3,(H2,10,14)(H2,11,13)(H,12,16). The molecule has 0 aromatic carbocycles. The maximum atomic E-state index is 11.4. The SMILES string of the molecule is CCC(=O)c1nc(N)c(C(=O)NC)nc1N. The summed E-state index contributed by atoms with van der Waals surface area (Å²) in [4.78, 5) is 30.3. The van der Waals surface area contributed by atoms with Crippen molar-refractivity contribution in [1.82, 2.24) is 15.3 Å². The average molecular weight is 223 g/mol. The van der Waals surface area contributed by atoms with Crippen LogP contribution in [0.1, 0.15) is 34.3 Å². The lowest BCUT2D eigenvalue weighted by molar-refractivity contribution is 0.0953. The Kier molecular flexibility index (Phi) is 3.39. The molecule has 0 spiro atoms. The third kappa shape index (κ3) is 2.08. The van der Waals surface area contributed by atoms with Crippen LogP contribution in [0.25, 0.3) is 0 Å². The summed E-state index contributed by atoms with van der Waals surface area (Å²) in [6, 6.07) is 0. The largest absolute Gasteiger partial charge is 0.382 e. The molecule has 1 rings (SSSR count). The number of nitrogens with one attached hydrogen (secondary N) is 1. The molecule has 1 heterocycles. The number of amides is 1. The van der Waals surface area contributed by atoms with Crippen LogP contribution in [0.4, 0.5) is 11.6 Å². The molecule has 5 N–H and O–H groups in total. The number of ketones is 1. The van der Waals surface area contributed by atoms with Crippen LogP contribution in [0.2, 0.25) is 0 Å². The molecular weight excluding hydrogens is 210 g/mol. The van der Waals surface area contributed by atoms with Gasteiger partial charge in [-0.1, -0.05) is 6.92 Å². The highest BCUT2D eigenvalue weighted by Crippen LogP contribution is 2.14. The summed E-state index contributed by atoms with van der Waals surface area (Å²) in [5.41, 5.74) is 11.0. The number of nitrogen functional groups attached to an aromatic ring is 2. The van der Waals surface area contributed by atoms with E-state index in [2.05, 4.69) is 15.3 Å². The maximum absolute atomic E-state index is 11.4. The zero-order valence-corrected chi connectivity index (χ0v) is 9.07. The molecule has 0 aliphatic carbocycles. The van der Waals surface area contributed by atoms with Crippen LogP contribution in [0.3, 0.4) is 0 Å². The summed E-state index contributed by atoms with van der Waals surface area (Å²) in [5.74, 6) is -0.947. The fourth-order valence-electron chi connectivity index (χ4n) is 1.12. The van der Waals surface area contributed by atoms with Crippen molar-refractivity contribution in [3.05, 3.63) is 11.4 Å². The molecule has 0 saturated heterocycles. The highest BCUT2D eigenvalue weighted by Gasteiger charge is 2.18. The zero-order chi connectivity index (χ0) is 12.3. The van der Waals surface area contributed by atoms with E-state index in [1.165, 1.54) is 7.05 Å². The van der Waals surface area contributed by atoms with Crippen molar-refractivity contribution in [3.63, 3.8) is 0 Å². The predicted molar refractivity (Wildman–Crippen MR) is 58.9 cm³/mol. The number of nitrogens with zero attached hydrogens (tertiary/aromatic N) is 2. The fraction of sp³-hybridized carbons (Fsp3) is 0.333. The highest BCUT2D eigenvalue weighted by molar-refractivity contribution is 6.01. The zero-order valence-electron chi connectivity index (χ0n) is 9.07. The van der Waals surface area contributed by atoms with Gasteiger partial charge in [0, 0.05) is 13.5 Å². The van der Waals surface area contributed by atoms with E-state index in [1.54, 1.807) is 6.92 Å². The second-order valence-electron chi connectivity index (χ2n) is 3.05. The third-order valence-electron chi connectivity index (χ3n) is 1.98. The van der Waals surface area contributed by atoms with Gasteiger partial charge in [0.15, 0.2) is 28.8 Å². The Hall–Kier alpha value is -2.18. The van der Waals surface area contributed by atoms with Crippen LogP contribution < -0.4 is 16.8 Å². The lowest BCUT2D eigenvalue weighted by Gasteiger charge is -2.07. The van der Waals surface area contributed by atoms with E-state index in [1.807, 2.05) is 0 Å². The molecule has 1 aromatic heterocycles. The van der Waals surface area contributed by atoms with Crippen molar-refractivity contribution in [3.8, 4) is 0 Å². The van der Waals surface area contributed by atoms with Crippen molar-refractivity contribution < 1.29 is 9.59 Å². The molecule has 0 fully saturated rings. The van der Waals surface area contributed by atoms with Crippen LogP contribution in [0, 0.1) is 0 Å². The number of hydrogen-bond acceptors (Lipinski definition) is 6. The Bertz CT molecular complexity index is 402. The minimum atomic E-state index is -0.493. The van der Waals surface area contributed by atoms with E-state index in [4.69, 9.17) is 11.5 Å². The number of anilines is 2. The minimum Gasteiger partial charge on any atom is -0.382 e. The highest BCUT2D eigenvalue weighted by atomic mass is 16.2. The molecular formula is C9H13N5O2. The Morgan fingerprint density at radius 2 is 1.69 bits per heavy atom. The number of nitrogens with two attached hydrogens (primary N) is 2. The lowest BCUT2D eigenvalue weighted by atomic mass is 10.2. The molecule has 1 amide bonds. The number of Topliss-reactive ketones (excluding diaryl/α,β-unsaturated/α-hetero) is 1. The van der Waals surface area contributed by atoms with E-state index in [9.17, 15) is 9.59 Å². The van der Waals surface area contributed by atoms with Gasteiger partial charge in [-0.15, -0.1) is 0 Å². The Balaban J connectivity index is 3.27. The lowest BCUT2D eigenvalue weighted by Crippen LogP contribution is -2.23. The first-order chi connectivity index (χ1) is 7.51. The summed E-state index contributed by atoms with van der Waals surface area (Å²) in [6.45, 7) is 1.67. The normalized spacial score (nSPS) is 9.88. The van der Waals surface area contributed by atoms with E-state index < -0.39 is 5.91 Å². The van der Waals surface area contributed by atoms with Crippen molar-refractivity contribution >= 4 is 23.3 Å². The van der Waals surface area contributed by atoms with E-state index in [0.29, 0.717) is 0 Å². The number of aromatic nitrogens is 2. The first kappa shape index (κ1) is 11.9. The Morgan fingerprint density at radius 1 is 1.19 bits per heavy atom. The molecule has 0 radical (unpaired) electrons.